The highest BCUT2D eigenvalue weighted by Crippen LogP contribution is 2.19. The van der Waals surface area contributed by atoms with Gasteiger partial charge in [-0.15, -0.1) is 0 Å². The molecular weight excluding hydrogens is 212 g/mol. The van der Waals surface area contributed by atoms with Crippen molar-refractivity contribution < 1.29 is 4.42 Å². The lowest BCUT2D eigenvalue weighted by Crippen LogP contribution is -2.31. The molecule has 17 heavy (non-hydrogen) atoms. The summed E-state index contributed by atoms with van der Waals surface area (Å²) in [6.07, 6.45) is 4.93. The third kappa shape index (κ3) is 3.58. The molecule has 0 amide bonds. The Morgan fingerprint density at radius 2 is 2.35 bits per heavy atom. The van der Waals surface area contributed by atoms with Gasteiger partial charge in [0.2, 0.25) is 0 Å². The van der Waals surface area contributed by atoms with Crippen molar-refractivity contribution in [3.8, 4) is 0 Å². The summed E-state index contributed by atoms with van der Waals surface area (Å²) in [5.41, 5.74) is 1.27. The fraction of sp³-hybridized carbons (Fsp3) is 0.714. The van der Waals surface area contributed by atoms with Crippen LogP contribution in [-0.2, 0) is 6.54 Å². The van der Waals surface area contributed by atoms with Crippen LogP contribution in [0.15, 0.2) is 23.0 Å². The average Bonchev–Trinajstić information content (AvgIpc) is 2.88. The first-order valence-electron chi connectivity index (χ1n) is 6.59. The van der Waals surface area contributed by atoms with Crippen LogP contribution in [0.3, 0.4) is 0 Å². The van der Waals surface area contributed by atoms with E-state index in [2.05, 4.69) is 30.7 Å². The molecule has 96 valence electrons. The fourth-order valence-corrected chi connectivity index (χ4v) is 2.68. The molecule has 3 nitrogen and oxygen atoms in total. The van der Waals surface area contributed by atoms with Gasteiger partial charge in [-0.2, -0.15) is 0 Å². The number of likely N-dealkylation sites (tertiary alicyclic amines) is 1. The van der Waals surface area contributed by atoms with Crippen molar-refractivity contribution in [2.24, 2.45) is 5.92 Å². The molecule has 0 saturated carbocycles. The molecule has 1 aliphatic heterocycles. The van der Waals surface area contributed by atoms with Crippen LogP contribution in [0.25, 0.3) is 0 Å². The molecule has 1 aromatic heterocycles. The van der Waals surface area contributed by atoms with Gasteiger partial charge in [0, 0.05) is 31.2 Å². The number of furan rings is 1. The van der Waals surface area contributed by atoms with Crippen molar-refractivity contribution in [3.05, 3.63) is 24.2 Å². The van der Waals surface area contributed by atoms with E-state index in [0.29, 0.717) is 6.04 Å². The normalized spacial score (nSPS) is 21.8. The fourth-order valence-electron chi connectivity index (χ4n) is 2.68. The zero-order chi connectivity index (χ0) is 12.3. The highest BCUT2D eigenvalue weighted by atomic mass is 16.3. The molecule has 1 saturated heterocycles. The minimum absolute atomic E-state index is 0.694. The Balaban J connectivity index is 1.74. The van der Waals surface area contributed by atoms with Gasteiger partial charge in [-0.25, -0.2) is 0 Å². The first-order chi connectivity index (χ1) is 8.15. The molecule has 0 N–H and O–H groups in total. The van der Waals surface area contributed by atoms with E-state index in [-0.39, 0.29) is 0 Å². The summed E-state index contributed by atoms with van der Waals surface area (Å²) in [4.78, 5) is 4.98. The molecule has 1 aromatic rings. The second kappa shape index (κ2) is 5.69. The molecule has 0 bridgehead atoms. The molecule has 0 radical (unpaired) electrons. The van der Waals surface area contributed by atoms with E-state index in [9.17, 15) is 0 Å². The summed E-state index contributed by atoms with van der Waals surface area (Å²) in [6.45, 7) is 9.29. The van der Waals surface area contributed by atoms with E-state index in [4.69, 9.17) is 4.42 Å². The van der Waals surface area contributed by atoms with Crippen LogP contribution in [0.1, 0.15) is 25.8 Å². The van der Waals surface area contributed by atoms with E-state index >= 15 is 0 Å². The van der Waals surface area contributed by atoms with Gasteiger partial charge in [0.1, 0.15) is 0 Å². The van der Waals surface area contributed by atoms with Crippen molar-refractivity contribution in [3.63, 3.8) is 0 Å². The molecule has 1 fully saturated rings. The van der Waals surface area contributed by atoms with Crippen LogP contribution in [0.5, 0.6) is 0 Å². The predicted octanol–water partition coefficient (Wildman–Crippen LogP) is 2.44. The van der Waals surface area contributed by atoms with Crippen LogP contribution in [0.4, 0.5) is 0 Å². The number of nitrogens with zero attached hydrogens (tertiary/aromatic N) is 2. The van der Waals surface area contributed by atoms with E-state index < -0.39 is 0 Å². The minimum atomic E-state index is 0.694. The van der Waals surface area contributed by atoms with Crippen molar-refractivity contribution in [1.29, 1.82) is 0 Å². The van der Waals surface area contributed by atoms with Gasteiger partial charge >= 0.3 is 0 Å². The van der Waals surface area contributed by atoms with Crippen LogP contribution in [0, 0.1) is 5.92 Å². The maximum atomic E-state index is 5.10. The Morgan fingerprint density at radius 1 is 1.53 bits per heavy atom. The van der Waals surface area contributed by atoms with Gasteiger partial charge in [-0.3, -0.25) is 0 Å². The van der Waals surface area contributed by atoms with Gasteiger partial charge < -0.3 is 14.2 Å². The molecule has 0 spiro atoms. The second-order valence-electron chi connectivity index (χ2n) is 5.57. The summed E-state index contributed by atoms with van der Waals surface area (Å²) in [7, 11) is 2.20. The lowest BCUT2D eigenvalue weighted by Gasteiger charge is -2.23. The quantitative estimate of drug-likeness (QED) is 0.783. The zero-order valence-corrected chi connectivity index (χ0v) is 11.2. The third-order valence-corrected chi connectivity index (χ3v) is 3.65. The average molecular weight is 236 g/mol. The first kappa shape index (κ1) is 12.7. The monoisotopic (exact) mass is 236 g/mol. The van der Waals surface area contributed by atoms with Crippen molar-refractivity contribution in [1.82, 2.24) is 9.80 Å². The molecule has 3 heteroatoms. The van der Waals surface area contributed by atoms with Crippen LogP contribution >= 0.6 is 0 Å². The molecule has 0 aromatic carbocycles. The van der Waals surface area contributed by atoms with Crippen molar-refractivity contribution in [2.45, 2.75) is 32.9 Å². The molecular formula is C14H24N2O. The first-order valence-corrected chi connectivity index (χ1v) is 6.59. The predicted molar refractivity (Wildman–Crippen MR) is 69.9 cm³/mol. The van der Waals surface area contributed by atoms with Crippen LogP contribution < -0.4 is 0 Å². The Hall–Kier alpha value is -0.800. The number of hydrogen-bond donors (Lipinski definition) is 0. The largest absolute Gasteiger partial charge is 0.472 e. The van der Waals surface area contributed by atoms with Gasteiger partial charge in [-0.1, -0.05) is 0 Å². The van der Waals surface area contributed by atoms with Crippen LogP contribution in [-0.4, -0.2) is 42.5 Å². The maximum absolute atomic E-state index is 5.10. The van der Waals surface area contributed by atoms with E-state index in [1.54, 1.807) is 6.26 Å². The summed E-state index contributed by atoms with van der Waals surface area (Å²) in [5, 5.41) is 0. The Labute approximate surface area is 104 Å². The molecule has 1 atom stereocenters. The SMILES string of the molecule is CC(C)N1CC[C@@H](CN(C)Cc2ccoc2)C1. The minimum Gasteiger partial charge on any atom is -0.472 e. The standard InChI is InChI=1S/C14H24N2O/c1-12(2)16-6-4-13(10-16)8-15(3)9-14-5-7-17-11-14/h5,7,11-13H,4,6,8-10H2,1-3H3/t13-/m0/s1. The molecule has 0 unspecified atom stereocenters. The van der Waals surface area contributed by atoms with E-state index in [1.165, 1.54) is 31.6 Å². The molecule has 2 rings (SSSR count). The Bertz CT molecular complexity index is 321. The Morgan fingerprint density at radius 3 is 2.94 bits per heavy atom. The molecule has 1 aliphatic rings. The van der Waals surface area contributed by atoms with Crippen molar-refractivity contribution >= 4 is 0 Å². The van der Waals surface area contributed by atoms with Gasteiger partial charge in [0.05, 0.1) is 12.5 Å². The lowest BCUT2D eigenvalue weighted by molar-refractivity contribution is 0.235. The number of rotatable bonds is 5. The van der Waals surface area contributed by atoms with Gasteiger partial charge in [-0.05, 0) is 45.8 Å². The lowest BCUT2D eigenvalue weighted by atomic mass is 10.1. The molecule has 0 aliphatic carbocycles. The Kier molecular flexibility index (Phi) is 4.24. The number of hydrogen-bond acceptors (Lipinski definition) is 3. The summed E-state index contributed by atoms with van der Waals surface area (Å²) in [6, 6.07) is 2.74. The summed E-state index contributed by atoms with van der Waals surface area (Å²) >= 11 is 0. The molecule has 2 heterocycles. The zero-order valence-electron chi connectivity index (χ0n) is 11.2. The van der Waals surface area contributed by atoms with E-state index in [0.717, 1.165) is 12.5 Å². The van der Waals surface area contributed by atoms with Crippen molar-refractivity contribution in [2.75, 3.05) is 26.7 Å². The second-order valence-corrected chi connectivity index (χ2v) is 5.57. The summed E-state index contributed by atoms with van der Waals surface area (Å²) in [5.74, 6) is 0.828. The van der Waals surface area contributed by atoms with E-state index in [1.807, 2.05) is 12.3 Å². The van der Waals surface area contributed by atoms with Gasteiger partial charge in [0.25, 0.3) is 0 Å². The maximum Gasteiger partial charge on any atom is 0.0947 e. The topological polar surface area (TPSA) is 19.6 Å². The highest BCUT2D eigenvalue weighted by molar-refractivity contribution is 5.04. The smallest absolute Gasteiger partial charge is 0.0947 e. The van der Waals surface area contributed by atoms with Gasteiger partial charge in [0.15, 0.2) is 0 Å². The third-order valence-electron chi connectivity index (χ3n) is 3.65. The summed E-state index contributed by atoms with van der Waals surface area (Å²) < 4.78 is 5.10. The highest BCUT2D eigenvalue weighted by Gasteiger charge is 2.24. The van der Waals surface area contributed by atoms with Crippen LogP contribution in [0.2, 0.25) is 0 Å².